The number of amides is 1. The van der Waals surface area contributed by atoms with Crippen LogP contribution in [0.2, 0.25) is 0 Å². The number of benzene rings is 1. The van der Waals surface area contributed by atoms with Crippen LogP contribution in [0.25, 0.3) is 0 Å². The van der Waals surface area contributed by atoms with Gasteiger partial charge in [0.25, 0.3) is 0 Å². The predicted octanol–water partition coefficient (Wildman–Crippen LogP) is 3.51. The summed E-state index contributed by atoms with van der Waals surface area (Å²) in [5.74, 6) is 0.0452. The first kappa shape index (κ1) is 15.2. The maximum absolute atomic E-state index is 12.0. The average Bonchev–Trinajstić information content (AvgIpc) is 2.33. The van der Waals surface area contributed by atoms with Crippen molar-refractivity contribution < 1.29 is 4.79 Å². The normalized spacial score (nSPS) is 10.7. The van der Waals surface area contributed by atoms with E-state index in [0.29, 0.717) is 6.54 Å². The van der Waals surface area contributed by atoms with Crippen molar-refractivity contribution >= 4 is 27.5 Å². The van der Waals surface area contributed by atoms with E-state index >= 15 is 0 Å². The fraction of sp³-hybridized carbons (Fsp3) is 0.500. The first-order chi connectivity index (χ1) is 8.67. The molecule has 0 atom stereocenters. The van der Waals surface area contributed by atoms with Crippen LogP contribution in [0.1, 0.15) is 26.7 Å². The minimum Gasteiger partial charge on any atom is -0.324 e. The molecule has 18 heavy (non-hydrogen) atoms. The molecule has 1 N–H and O–H groups in total. The number of anilines is 1. The van der Waals surface area contributed by atoms with E-state index in [1.54, 1.807) is 0 Å². The van der Waals surface area contributed by atoms with Crippen LogP contribution in [0.5, 0.6) is 0 Å². The molecule has 0 radical (unpaired) electrons. The number of rotatable bonds is 7. The van der Waals surface area contributed by atoms with E-state index in [-0.39, 0.29) is 5.91 Å². The molecule has 0 unspecified atom stereocenters. The Morgan fingerprint density at radius 2 is 1.83 bits per heavy atom. The van der Waals surface area contributed by atoms with Gasteiger partial charge in [-0.1, -0.05) is 26.0 Å². The van der Waals surface area contributed by atoms with E-state index in [2.05, 4.69) is 40.0 Å². The summed E-state index contributed by atoms with van der Waals surface area (Å²) >= 11 is 3.42. The van der Waals surface area contributed by atoms with Crippen LogP contribution in [-0.4, -0.2) is 30.4 Å². The first-order valence-electron chi connectivity index (χ1n) is 6.44. The van der Waals surface area contributed by atoms with Crippen LogP contribution in [0.15, 0.2) is 28.7 Å². The first-order valence-corrected chi connectivity index (χ1v) is 7.23. The van der Waals surface area contributed by atoms with Gasteiger partial charge in [0.15, 0.2) is 0 Å². The van der Waals surface area contributed by atoms with Crippen molar-refractivity contribution in [3.8, 4) is 0 Å². The standard InChI is InChI=1S/C14H21BrN2O/c1-3-9-17(10-4-2)11-14(18)16-13-8-6-5-7-12(13)15/h5-8H,3-4,9-11H2,1-2H3,(H,16,18). The van der Waals surface area contributed by atoms with Gasteiger partial charge in [-0.2, -0.15) is 0 Å². The quantitative estimate of drug-likeness (QED) is 0.835. The molecular weight excluding hydrogens is 292 g/mol. The Balaban J connectivity index is 2.52. The molecule has 0 aromatic heterocycles. The third kappa shape index (κ3) is 5.19. The number of carbonyl (C=O) groups excluding carboxylic acids is 1. The van der Waals surface area contributed by atoms with Crippen LogP contribution in [0.3, 0.4) is 0 Å². The number of halogens is 1. The van der Waals surface area contributed by atoms with Crippen LogP contribution in [0, 0.1) is 0 Å². The van der Waals surface area contributed by atoms with Crippen molar-refractivity contribution in [2.24, 2.45) is 0 Å². The summed E-state index contributed by atoms with van der Waals surface area (Å²) in [5, 5.41) is 2.93. The summed E-state index contributed by atoms with van der Waals surface area (Å²) < 4.78 is 0.913. The van der Waals surface area contributed by atoms with Crippen molar-refractivity contribution in [1.29, 1.82) is 0 Å². The smallest absolute Gasteiger partial charge is 0.238 e. The van der Waals surface area contributed by atoms with E-state index in [0.717, 1.165) is 36.1 Å². The minimum absolute atomic E-state index is 0.0452. The highest BCUT2D eigenvalue weighted by Crippen LogP contribution is 2.20. The second kappa shape index (κ2) is 8.27. The van der Waals surface area contributed by atoms with Gasteiger partial charge in [-0.05, 0) is 54.0 Å². The van der Waals surface area contributed by atoms with Gasteiger partial charge >= 0.3 is 0 Å². The lowest BCUT2D eigenvalue weighted by Gasteiger charge is -2.20. The summed E-state index contributed by atoms with van der Waals surface area (Å²) in [4.78, 5) is 14.1. The van der Waals surface area contributed by atoms with Crippen LogP contribution < -0.4 is 5.32 Å². The molecule has 0 bridgehead atoms. The van der Waals surface area contributed by atoms with E-state index in [4.69, 9.17) is 0 Å². The van der Waals surface area contributed by atoms with E-state index in [1.807, 2.05) is 24.3 Å². The molecule has 1 aromatic carbocycles. The molecule has 100 valence electrons. The molecule has 0 heterocycles. The molecule has 0 spiro atoms. The maximum Gasteiger partial charge on any atom is 0.238 e. The lowest BCUT2D eigenvalue weighted by molar-refractivity contribution is -0.117. The van der Waals surface area contributed by atoms with Crippen molar-refractivity contribution in [3.05, 3.63) is 28.7 Å². The van der Waals surface area contributed by atoms with Crippen LogP contribution >= 0.6 is 15.9 Å². The van der Waals surface area contributed by atoms with Crippen LogP contribution in [0.4, 0.5) is 5.69 Å². The SMILES string of the molecule is CCCN(CCC)CC(=O)Nc1ccccc1Br. The average molecular weight is 313 g/mol. The lowest BCUT2D eigenvalue weighted by atomic mass is 10.3. The highest BCUT2D eigenvalue weighted by Gasteiger charge is 2.10. The summed E-state index contributed by atoms with van der Waals surface area (Å²) in [7, 11) is 0. The monoisotopic (exact) mass is 312 g/mol. The molecule has 4 heteroatoms. The molecule has 0 saturated heterocycles. The molecular formula is C14H21BrN2O. The highest BCUT2D eigenvalue weighted by molar-refractivity contribution is 9.10. The third-order valence-electron chi connectivity index (χ3n) is 2.59. The van der Waals surface area contributed by atoms with Gasteiger partial charge in [0, 0.05) is 4.47 Å². The van der Waals surface area contributed by atoms with E-state index < -0.39 is 0 Å². The summed E-state index contributed by atoms with van der Waals surface area (Å²) in [6.45, 7) is 6.67. The van der Waals surface area contributed by atoms with Gasteiger partial charge in [0.1, 0.15) is 0 Å². The summed E-state index contributed by atoms with van der Waals surface area (Å²) in [5.41, 5.74) is 0.829. The van der Waals surface area contributed by atoms with Gasteiger partial charge in [-0.25, -0.2) is 0 Å². The zero-order chi connectivity index (χ0) is 13.4. The maximum atomic E-state index is 12.0. The predicted molar refractivity (Wildman–Crippen MR) is 79.8 cm³/mol. The van der Waals surface area contributed by atoms with Crippen LogP contribution in [-0.2, 0) is 4.79 Å². The van der Waals surface area contributed by atoms with Crippen molar-refractivity contribution in [2.75, 3.05) is 25.0 Å². The number of nitrogens with zero attached hydrogens (tertiary/aromatic N) is 1. The van der Waals surface area contributed by atoms with Crippen molar-refractivity contribution in [1.82, 2.24) is 4.90 Å². The zero-order valence-corrected chi connectivity index (χ0v) is 12.7. The van der Waals surface area contributed by atoms with Gasteiger partial charge in [-0.15, -0.1) is 0 Å². The number of hydrogen-bond donors (Lipinski definition) is 1. The fourth-order valence-corrected chi connectivity index (χ4v) is 2.24. The Labute approximate surface area is 118 Å². The fourth-order valence-electron chi connectivity index (χ4n) is 1.86. The molecule has 0 saturated carbocycles. The Bertz CT molecular complexity index is 376. The molecule has 1 rings (SSSR count). The van der Waals surface area contributed by atoms with E-state index in [1.165, 1.54) is 0 Å². The Morgan fingerprint density at radius 1 is 1.22 bits per heavy atom. The zero-order valence-electron chi connectivity index (χ0n) is 11.1. The largest absolute Gasteiger partial charge is 0.324 e. The second-order valence-electron chi connectivity index (χ2n) is 4.30. The second-order valence-corrected chi connectivity index (χ2v) is 5.16. The van der Waals surface area contributed by atoms with Gasteiger partial charge < -0.3 is 5.32 Å². The molecule has 0 aliphatic carbocycles. The Hall–Kier alpha value is -0.870. The number of hydrogen-bond acceptors (Lipinski definition) is 2. The van der Waals surface area contributed by atoms with Gasteiger partial charge in [-0.3, -0.25) is 9.69 Å². The molecule has 1 aromatic rings. The minimum atomic E-state index is 0.0452. The summed E-state index contributed by atoms with van der Waals surface area (Å²) in [6.07, 6.45) is 2.14. The molecule has 0 aliphatic heterocycles. The van der Waals surface area contributed by atoms with E-state index in [9.17, 15) is 4.79 Å². The van der Waals surface area contributed by atoms with Crippen molar-refractivity contribution in [2.45, 2.75) is 26.7 Å². The van der Waals surface area contributed by atoms with Gasteiger partial charge in [0.05, 0.1) is 12.2 Å². The topological polar surface area (TPSA) is 32.3 Å². The number of nitrogens with one attached hydrogen (secondary N) is 1. The summed E-state index contributed by atoms with van der Waals surface area (Å²) in [6, 6.07) is 7.66. The number of para-hydroxylation sites is 1. The molecule has 0 aliphatic rings. The Kier molecular flexibility index (Phi) is 6.98. The molecule has 3 nitrogen and oxygen atoms in total. The Morgan fingerprint density at radius 3 is 2.39 bits per heavy atom. The van der Waals surface area contributed by atoms with Gasteiger partial charge in [0.2, 0.25) is 5.91 Å². The molecule has 0 fully saturated rings. The highest BCUT2D eigenvalue weighted by atomic mass is 79.9. The lowest BCUT2D eigenvalue weighted by Crippen LogP contribution is -2.34. The number of carbonyl (C=O) groups is 1. The van der Waals surface area contributed by atoms with Crippen molar-refractivity contribution in [3.63, 3.8) is 0 Å². The third-order valence-corrected chi connectivity index (χ3v) is 3.29. The molecule has 1 amide bonds.